The van der Waals surface area contributed by atoms with Crippen LogP contribution in [0.25, 0.3) is 0 Å². The van der Waals surface area contributed by atoms with E-state index in [4.69, 9.17) is 0 Å². The number of fused-ring (bicyclic) bond motifs is 1. The van der Waals surface area contributed by atoms with Crippen LogP contribution < -0.4 is 5.32 Å². The van der Waals surface area contributed by atoms with Gasteiger partial charge in [-0.05, 0) is 37.3 Å². The van der Waals surface area contributed by atoms with Crippen molar-refractivity contribution in [3.05, 3.63) is 35.4 Å². The summed E-state index contributed by atoms with van der Waals surface area (Å²) in [5.41, 5.74) is 2.65. The van der Waals surface area contributed by atoms with E-state index in [0.717, 1.165) is 32.4 Å². The van der Waals surface area contributed by atoms with Gasteiger partial charge in [0.2, 0.25) is 5.91 Å². The molecule has 0 spiro atoms. The second-order valence-corrected chi connectivity index (χ2v) is 5.43. The molecule has 1 aromatic carbocycles. The zero-order chi connectivity index (χ0) is 12.5. The number of hydrogen-bond acceptors (Lipinski definition) is 2. The molecule has 18 heavy (non-hydrogen) atoms. The Hall–Kier alpha value is -1.35. The Bertz CT molecular complexity index is 458. The van der Waals surface area contributed by atoms with Crippen LogP contribution in [0.4, 0.5) is 0 Å². The lowest BCUT2D eigenvalue weighted by Crippen LogP contribution is -2.50. The molecule has 1 unspecified atom stereocenters. The summed E-state index contributed by atoms with van der Waals surface area (Å²) in [4.78, 5) is 14.5. The molecule has 2 heterocycles. The quantitative estimate of drug-likeness (QED) is 0.815. The van der Waals surface area contributed by atoms with Crippen LogP contribution in [-0.2, 0) is 17.8 Å². The molecule has 0 bridgehead atoms. The summed E-state index contributed by atoms with van der Waals surface area (Å²) in [6.07, 6.45) is 3.13. The summed E-state index contributed by atoms with van der Waals surface area (Å²) in [7, 11) is 0. The average Bonchev–Trinajstić information content (AvgIpc) is 2.83. The molecular formula is C15H20N2O. The van der Waals surface area contributed by atoms with Gasteiger partial charge in [-0.2, -0.15) is 0 Å². The van der Waals surface area contributed by atoms with Gasteiger partial charge >= 0.3 is 0 Å². The Balaban J connectivity index is 1.74. The molecule has 1 amide bonds. The lowest BCUT2D eigenvalue weighted by atomic mass is 9.95. The van der Waals surface area contributed by atoms with E-state index in [1.807, 2.05) is 4.90 Å². The van der Waals surface area contributed by atoms with Gasteiger partial charge in [-0.1, -0.05) is 24.3 Å². The Morgan fingerprint density at radius 3 is 2.83 bits per heavy atom. The summed E-state index contributed by atoms with van der Waals surface area (Å²) in [5, 5.41) is 3.38. The lowest BCUT2D eigenvalue weighted by Gasteiger charge is -2.31. The van der Waals surface area contributed by atoms with Crippen molar-refractivity contribution >= 4 is 5.91 Å². The van der Waals surface area contributed by atoms with Gasteiger partial charge < -0.3 is 10.2 Å². The average molecular weight is 244 g/mol. The van der Waals surface area contributed by atoms with Crippen LogP contribution in [0.3, 0.4) is 0 Å². The number of amides is 1. The van der Waals surface area contributed by atoms with E-state index < -0.39 is 0 Å². The van der Waals surface area contributed by atoms with Gasteiger partial charge in [-0.25, -0.2) is 0 Å². The third-order valence-corrected chi connectivity index (χ3v) is 4.22. The normalized spacial score (nSPS) is 27.1. The molecule has 3 heteroatoms. The summed E-state index contributed by atoms with van der Waals surface area (Å²) >= 11 is 0. The van der Waals surface area contributed by atoms with Gasteiger partial charge in [0.15, 0.2) is 0 Å². The molecule has 2 atom stereocenters. The fraction of sp³-hybridized carbons (Fsp3) is 0.533. The zero-order valence-corrected chi connectivity index (χ0v) is 10.9. The van der Waals surface area contributed by atoms with Gasteiger partial charge in [-0.15, -0.1) is 0 Å². The van der Waals surface area contributed by atoms with Crippen LogP contribution in [0.5, 0.6) is 0 Å². The number of likely N-dealkylation sites (tertiary alicyclic amines) is 1. The third kappa shape index (κ3) is 2.03. The van der Waals surface area contributed by atoms with Gasteiger partial charge in [0.05, 0.1) is 6.04 Å². The largest absolute Gasteiger partial charge is 0.339 e. The highest BCUT2D eigenvalue weighted by molar-refractivity contribution is 5.83. The number of carbonyl (C=O) groups is 1. The number of hydrogen-bond donors (Lipinski definition) is 1. The van der Waals surface area contributed by atoms with Crippen LogP contribution in [0.1, 0.15) is 30.9 Å². The molecule has 1 aromatic rings. The van der Waals surface area contributed by atoms with Crippen molar-refractivity contribution in [2.75, 3.05) is 6.54 Å². The first-order chi connectivity index (χ1) is 8.75. The minimum absolute atomic E-state index is 0.0274. The molecule has 0 aromatic heterocycles. The Morgan fingerprint density at radius 1 is 1.33 bits per heavy atom. The predicted molar refractivity (Wildman–Crippen MR) is 71.2 cm³/mol. The third-order valence-electron chi connectivity index (χ3n) is 4.22. The molecule has 3 rings (SSSR count). The smallest absolute Gasteiger partial charge is 0.240 e. The molecule has 1 N–H and O–H groups in total. The highest BCUT2D eigenvalue weighted by Gasteiger charge is 2.32. The van der Waals surface area contributed by atoms with Gasteiger partial charge in [0.25, 0.3) is 0 Å². The van der Waals surface area contributed by atoms with Crippen LogP contribution in [-0.4, -0.2) is 29.4 Å². The van der Waals surface area contributed by atoms with Crippen molar-refractivity contribution < 1.29 is 4.79 Å². The molecule has 3 nitrogen and oxygen atoms in total. The highest BCUT2D eigenvalue weighted by atomic mass is 16.2. The molecule has 0 radical (unpaired) electrons. The molecule has 1 fully saturated rings. The van der Waals surface area contributed by atoms with E-state index in [-0.39, 0.29) is 11.9 Å². The van der Waals surface area contributed by atoms with E-state index in [2.05, 4.69) is 36.5 Å². The van der Waals surface area contributed by atoms with Crippen molar-refractivity contribution in [1.29, 1.82) is 0 Å². The number of nitrogens with zero attached hydrogens (tertiary/aromatic N) is 1. The zero-order valence-electron chi connectivity index (χ0n) is 10.9. The van der Waals surface area contributed by atoms with E-state index in [1.165, 1.54) is 11.1 Å². The van der Waals surface area contributed by atoms with Crippen LogP contribution in [0, 0.1) is 0 Å². The predicted octanol–water partition coefficient (Wildman–Crippen LogP) is 1.71. The van der Waals surface area contributed by atoms with Crippen LogP contribution in [0.15, 0.2) is 24.3 Å². The maximum atomic E-state index is 12.5. The fourth-order valence-corrected chi connectivity index (χ4v) is 3.09. The van der Waals surface area contributed by atoms with Gasteiger partial charge in [-0.3, -0.25) is 4.79 Å². The number of benzene rings is 1. The SMILES string of the molecule is CC1CCCN1C(=O)[C@@H]1Cc2ccccc2CN1. The highest BCUT2D eigenvalue weighted by Crippen LogP contribution is 2.21. The topological polar surface area (TPSA) is 32.3 Å². The second-order valence-electron chi connectivity index (χ2n) is 5.43. The maximum absolute atomic E-state index is 12.5. The van der Waals surface area contributed by atoms with Crippen molar-refractivity contribution in [3.8, 4) is 0 Å². The molecule has 2 aliphatic heterocycles. The first-order valence-corrected chi connectivity index (χ1v) is 6.86. The summed E-state index contributed by atoms with van der Waals surface area (Å²) in [6.45, 7) is 3.90. The van der Waals surface area contributed by atoms with Crippen molar-refractivity contribution in [2.24, 2.45) is 0 Å². The second kappa shape index (κ2) is 4.73. The summed E-state index contributed by atoms with van der Waals surface area (Å²) in [6, 6.07) is 8.79. The van der Waals surface area contributed by atoms with E-state index in [9.17, 15) is 4.79 Å². The van der Waals surface area contributed by atoms with E-state index in [1.54, 1.807) is 0 Å². The minimum atomic E-state index is -0.0274. The molecule has 1 saturated heterocycles. The van der Waals surface area contributed by atoms with Gasteiger partial charge in [0.1, 0.15) is 0 Å². The Kier molecular flexibility index (Phi) is 3.08. The fourth-order valence-electron chi connectivity index (χ4n) is 3.09. The van der Waals surface area contributed by atoms with Crippen molar-refractivity contribution in [3.63, 3.8) is 0 Å². The Morgan fingerprint density at radius 2 is 2.11 bits per heavy atom. The van der Waals surface area contributed by atoms with E-state index in [0.29, 0.717) is 6.04 Å². The molecule has 0 saturated carbocycles. The minimum Gasteiger partial charge on any atom is -0.339 e. The number of rotatable bonds is 1. The number of nitrogens with one attached hydrogen (secondary N) is 1. The summed E-state index contributed by atoms with van der Waals surface area (Å²) < 4.78 is 0. The lowest BCUT2D eigenvalue weighted by molar-refractivity contribution is -0.134. The van der Waals surface area contributed by atoms with Crippen molar-refractivity contribution in [2.45, 2.75) is 44.8 Å². The standard InChI is InChI=1S/C15H20N2O/c1-11-5-4-8-17(11)15(18)14-9-12-6-2-3-7-13(12)10-16-14/h2-3,6-7,11,14,16H,4-5,8-10H2,1H3/t11?,14-/m0/s1. The molecular weight excluding hydrogens is 224 g/mol. The van der Waals surface area contributed by atoms with Crippen LogP contribution in [0.2, 0.25) is 0 Å². The summed E-state index contributed by atoms with van der Waals surface area (Å²) in [5.74, 6) is 0.287. The van der Waals surface area contributed by atoms with Crippen LogP contribution >= 0.6 is 0 Å². The first kappa shape index (κ1) is 11.7. The molecule has 0 aliphatic carbocycles. The van der Waals surface area contributed by atoms with Crippen molar-refractivity contribution in [1.82, 2.24) is 10.2 Å². The van der Waals surface area contributed by atoms with Gasteiger partial charge in [0, 0.05) is 19.1 Å². The number of carbonyl (C=O) groups excluding carboxylic acids is 1. The monoisotopic (exact) mass is 244 g/mol. The first-order valence-electron chi connectivity index (χ1n) is 6.86. The van der Waals surface area contributed by atoms with E-state index >= 15 is 0 Å². The maximum Gasteiger partial charge on any atom is 0.240 e. The molecule has 96 valence electrons. The Labute approximate surface area is 108 Å². The molecule has 2 aliphatic rings.